The number of phenolic OH excluding ortho intramolecular Hbond substituents is 1. The Bertz CT molecular complexity index is 2120. The molecule has 4 N–H and O–H groups in total. The second kappa shape index (κ2) is 25.0. The molecule has 0 aliphatic heterocycles. The van der Waals surface area contributed by atoms with Crippen molar-refractivity contribution >= 4 is 64.0 Å². The predicted octanol–water partition coefficient (Wildman–Crippen LogP) is 5.48. The summed E-state index contributed by atoms with van der Waals surface area (Å²) in [7, 11) is 5.33. The number of ether oxygens (including phenoxy) is 1. The third kappa shape index (κ3) is 16.2. The Morgan fingerprint density at radius 1 is 0.954 bits per heavy atom. The lowest BCUT2D eigenvalue weighted by atomic mass is 9.81. The van der Waals surface area contributed by atoms with Crippen LogP contribution in [0.15, 0.2) is 23.6 Å². The van der Waals surface area contributed by atoms with Gasteiger partial charge < -0.3 is 30.5 Å². The van der Waals surface area contributed by atoms with Crippen molar-refractivity contribution < 1.29 is 53.3 Å². The SMILES string of the molecule is C#CC(=O)CC(NC(=O)C#C)C(=O)Nc1cc(C[C@H](CC(=O)c2csc([C@@H](C[C@H](C(C)C)N(C)C(=O)[C@@H](CC(=O)C(C)(C)N(C)C)[C@@H](C)CC)OC(C)=O)n2)CC(C)C(=O)O)ccc1O. The van der Waals surface area contributed by atoms with Crippen molar-refractivity contribution in [3.63, 3.8) is 0 Å². The van der Waals surface area contributed by atoms with Gasteiger partial charge in [0.2, 0.25) is 17.6 Å². The summed E-state index contributed by atoms with van der Waals surface area (Å²) in [5.74, 6) is -3.93. The molecule has 16 nitrogen and oxygen atoms in total. The molecule has 354 valence electrons. The number of aromatic hydroxyl groups is 1. The molecule has 2 aromatic rings. The fraction of sp³-hybridized carbons (Fsp3) is 0.562. The van der Waals surface area contributed by atoms with Gasteiger partial charge in [0.1, 0.15) is 22.5 Å². The molecule has 17 heteroatoms. The Kier molecular flexibility index (Phi) is 21.2. The number of phenols is 1. The lowest BCUT2D eigenvalue weighted by Crippen LogP contribution is -2.50. The van der Waals surface area contributed by atoms with Crippen LogP contribution in [0.5, 0.6) is 5.75 Å². The highest BCUT2D eigenvalue weighted by molar-refractivity contribution is 7.09. The van der Waals surface area contributed by atoms with Gasteiger partial charge in [-0.05, 0) is 88.1 Å². The third-order valence-electron chi connectivity index (χ3n) is 12.0. The van der Waals surface area contributed by atoms with Crippen LogP contribution in [-0.2, 0) is 44.7 Å². The minimum absolute atomic E-state index is 0.0557. The van der Waals surface area contributed by atoms with E-state index in [2.05, 4.69) is 15.6 Å². The van der Waals surface area contributed by atoms with Gasteiger partial charge >= 0.3 is 11.9 Å². The number of hydrogen-bond donors (Lipinski definition) is 4. The number of aliphatic carboxylic acids is 1. The second-order valence-electron chi connectivity index (χ2n) is 17.7. The van der Waals surface area contributed by atoms with Crippen LogP contribution in [0, 0.1) is 54.3 Å². The smallest absolute Gasteiger partial charge is 0.306 e. The van der Waals surface area contributed by atoms with Crippen molar-refractivity contribution in [2.75, 3.05) is 26.5 Å². The van der Waals surface area contributed by atoms with Crippen molar-refractivity contribution in [3.8, 4) is 30.4 Å². The molecule has 0 aliphatic rings. The van der Waals surface area contributed by atoms with Crippen LogP contribution in [0.4, 0.5) is 5.69 Å². The van der Waals surface area contributed by atoms with Crippen molar-refractivity contribution in [2.24, 2.45) is 29.6 Å². The highest BCUT2D eigenvalue weighted by atomic mass is 32.1. The summed E-state index contributed by atoms with van der Waals surface area (Å²) in [6.45, 7) is 14.2. The normalized spacial score (nSPS) is 14.6. The number of nitrogens with zero attached hydrogens (tertiary/aromatic N) is 3. The van der Waals surface area contributed by atoms with Gasteiger partial charge in [0.25, 0.3) is 5.91 Å². The van der Waals surface area contributed by atoms with Gasteiger partial charge in [-0.15, -0.1) is 24.2 Å². The minimum Gasteiger partial charge on any atom is -0.506 e. The van der Waals surface area contributed by atoms with Crippen LogP contribution in [0.3, 0.4) is 0 Å². The number of ketones is 3. The first-order valence-electron chi connectivity index (χ1n) is 21.5. The van der Waals surface area contributed by atoms with Crippen molar-refractivity contribution in [1.29, 1.82) is 0 Å². The first-order chi connectivity index (χ1) is 30.3. The molecule has 0 spiro atoms. The molecule has 2 rings (SSSR count). The number of thiazole rings is 1. The van der Waals surface area contributed by atoms with E-state index in [1.165, 1.54) is 31.4 Å². The van der Waals surface area contributed by atoms with Gasteiger partial charge in [0.15, 0.2) is 17.7 Å². The molecule has 2 unspecified atom stereocenters. The Morgan fingerprint density at radius 3 is 2.14 bits per heavy atom. The number of terminal acetylenes is 2. The quantitative estimate of drug-likeness (QED) is 0.0302. The lowest BCUT2D eigenvalue weighted by Gasteiger charge is -2.38. The van der Waals surface area contributed by atoms with E-state index in [1.54, 1.807) is 23.9 Å². The summed E-state index contributed by atoms with van der Waals surface area (Å²) in [5.41, 5.74) is -0.304. The standard InChI is InChI=1S/C48H65N5O11S/c1-14-28(6)34(24-42(58)48(9,10)52(11)12)46(61)53(13)38(27(4)5)25-41(64-30(8)54)45-51-37(26-65-45)40(57)22-32(19-29(7)47(62)63)20-31-17-18-39(56)35(21-31)50-44(60)36(23-33(55)15-2)49-43(59)16-3/h2-3,17-18,21,26-29,32,34,36,38,41,56H,14,19-20,22-25H2,1,4-13H3,(H,49,59)(H,50,60)(H,62,63)/t28-,29?,32+,34-,36?,38+,41+/m0/s1. The molecule has 0 aliphatic carbocycles. The topological polar surface area (TPSA) is 230 Å². The number of Topliss-reactive ketones (excluding diaryl/α,β-unsaturated/α-hetero) is 3. The molecule has 3 amide bonds. The second-order valence-corrected chi connectivity index (χ2v) is 18.6. The van der Waals surface area contributed by atoms with E-state index in [4.69, 9.17) is 17.6 Å². The van der Waals surface area contributed by atoms with Crippen LogP contribution in [0.1, 0.15) is 121 Å². The molecule has 1 aromatic carbocycles. The maximum Gasteiger partial charge on any atom is 0.306 e. The Balaban J connectivity index is 2.43. The number of esters is 1. The highest BCUT2D eigenvalue weighted by Crippen LogP contribution is 2.34. The summed E-state index contributed by atoms with van der Waals surface area (Å²) < 4.78 is 5.79. The maximum absolute atomic E-state index is 14.3. The summed E-state index contributed by atoms with van der Waals surface area (Å²) in [6.07, 6.45) is 9.69. The van der Waals surface area contributed by atoms with E-state index in [-0.39, 0.29) is 72.8 Å². The van der Waals surface area contributed by atoms with Crippen LogP contribution in [0.25, 0.3) is 0 Å². The molecule has 0 radical (unpaired) electrons. The molecule has 65 heavy (non-hydrogen) atoms. The molecule has 0 saturated heterocycles. The average molecular weight is 920 g/mol. The van der Waals surface area contributed by atoms with Crippen LogP contribution in [-0.4, -0.2) is 111 Å². The highest BCUT2D eigenvalue weighted by Gasteiger charge is 2.39. The number of hydrogen-bond acceptors (Lipinski definition) is 13. The molecular weight excluding hydrogens is 855 g/mol. The molecule has 0 bridgehead atoms. The zero-order valence-corrected chi connectivity index (χ0v) is 40.2. The number of rotatable bonds is 26. The number of carbonyl (C=O) groups is 8. The predicted molar refractivity (Wildman–Crippen MR) is 246 cm³/mol. The number of carbonyl (C=O) groups excluding carboxylic acids is 7. The van der Waals surface area contributed by atoms with Gasteiger partial charge in [-0.3, -0.25) is 43.3 Å². The first-order valence-corrected chi connectivity index (χ1v) is 22.4. The Hall–Kier alpha value is -5.91. The zero-order valence-electron chi connectivity index (χ0n) is 39.4. The molecular formula is C48H65N5O11S. The monoisotopic (exact) mass is 919 g/mol. The Morgan fingerprint density at radius 2 is 1.60 bits per heavy atom. The van der Waals surface area contributed by atoms with Crippen molar-refractivity contribution in [2.45, 2.75) is 124 Å². The van der Waals surface area contributed by atoms with E-state index >= 15 is 0 Å². The zero-order chi connectivity index (χ0) is 49.5. The number of likely N-dealkylation sites (N-methyl/N-ethyl adjacent to an activating group) is 1. The molecule has 1 heterocycles. The van der Waals surface area contributed by atoms with Crippen LogP contribution >= 0.6 is 11.3 Å². The maximum atomic E-state index is 14.3. The number of anilines is 1. The van der Waals surface area contributed by atoms with Gasteiger partial charge in [-0.2, -0.15) is 0 Å². The van der Waals surface area contributed by atoms with E-state index < -0.39 is 83.2 Å². The number of amides is 3. The van der Waals surface area contributed by atoms with Crippen molar-refractivity contribution in [3.05, 3.63) is 39.8 Å². The van der Waals surface area contributed by atoms with E-state index in [1.807, 2.05) is 66.5 Å². The third-order valence-corrected chi connectivity index (χ3v) is 13.0. The number of carboxylic acid groups (broad SMARTS) is 1. The molecule has 0 fully saturated rings. The number of carboxylic acids is 1. The van der Waals surface area contributed by atoms with E-state index in [0.717, 1.165) is 11.3 Å². The molecule has 7 atom stereocenters. The number of benzene rings is 1. The number of nitrogens with one attached hydrogen (secondary N) is 2. The fourth-order valence-electron chi connectivity index (χ4n) is 7.22. The lowest BCUT2D eigenvalue weighted by molar-refractivity contribution is -0.150. The Labute approximate surface area is 386 Å². The van der Waals surface area contributed by atoms with E-state index in [9.17, 15) is 48.6 Å². The number of aromatic nitrogens is 1. The van der Waals surface area contributed by atoms with Gasteiger partial charge in [-0.1, -0.05) is 47.1 Å². The van der Waals surface area contributed by atoms with Gasteiger partial charge in [0, 0.05) is 57.0 Å². The van der Waals surface area contributed by atoms with Gasteiger partial charge in [-0.25, -0.2) is 4.98 Å². The fourth-order valence-corrected chi connectivity index (χ4v) is 8.09. The summed E-state index contributed by atoms with van der Waals surface area (Å²) in [6, 6.07) is 2.33. The van der Waals surface area contributed by atoms with Crippen LogP contribution in [0.2, 0.25) is 0 Å². The van der Waals surface area contributed by atoms with Crippen LogP contribution < -0.4 is 10.6 Å². The summed E-state index contributed by atoms with van der Waals surface area (Å²) >= 11 is 1.11. The molecule has 0 saturated carbocycles. The molecule has 1 aromatic heterocycles. The minimum atomic E-state index is -1.46. The summed E-state index contributed by atoms with van der Waals surface area (Å²) in [4.78, 5) is 111. The van der Waals surface area contributed by atoms with Crippen molar-refractivity contribution in [1.82, 2.24) is 20.1 Å². The largest absolute Gasteiger partial charge is 0.506 e. The van der Waals surface area contributed by atoms with E-state index in [0.29, 0.717) is 17.0 Å². The first kappa shape index (κ1) is 55.2. The average Bonchev–Trinajstić information content (AvgIpc) is 3.74. The summed E-state index contributed by atoms with van der Waals surface area (Å²) in [5, 5.41) is 26.9. The van der Waals surface area contributed by atoms with Gasteiger partial charge in [0.05, 0.1) is 17.1 Å².